The summed E-state index contributed by atoms with van der Waals surface area (Å²) < 4.78 is 0. The van der Waals surface area contributed by atoms with E-state index in [0.717, 1.165) is 30.6 Å². The van der Waals surface area contributed by atoms with Gasteiger partial charge in [0.25, 0.3) is 5.91 Å². The van der Waals surface area contributed by atoms with Crippen LogP contribution in [0.3, 0.4) is 0 Å². The van der Waals surface area contributed by atoms with Gasteiger partial charge >= 0.3 is 0 Å². The van der Waals surface area contributed by atoms with Crippen molar-refractivity contribution in [2.75, 3.05) is 32.7 Å². The van der Waals surface area contributed by atoms with Crippen LogP contribution in [0.5, 0.6) is 0 Å². The fourth-order valence-electron chi connectivity index (χ4n) is 3.42. The number of nitriles is 1. The van der Waals surface area contributed by atoms with E-state index in [0.29, 0.717) is 32.7 Å². The van der Waals surface area contributed by atoms with Crippen LogP contribution in [-0.4, -0.2) is 59.9 Å². The van der Waals surface area contributed by atoms with Crippen LogP contribution in [0.4, 0.5) is 0 Å². The second-order valence-corrected chi connectivity index (χ2v) is 7.44. The number of rotatable bonds is 4. The van der Waals surface area contributed by atoms with E-state index in [1.54, 1.807) is 0 Å². The first-order valence-corrected chi connectivity index (χ1v) is 9.27. The largest absolute Gasteiger partial charge is 0.337 e. The molecule has 0 radical (unpaired) electrons. The van der Waals surface area contributed by atoms with Gasteiger partial charge in [-0.05, 0) is 37.1 Å². The van der Waals surface area contributed by atoms with Crippen molar-refractivity contribution in [2.24, 2.45) is 0 Å². The zero-order valence-corrected chi connectivity index (χ0v) is 14.5. The summed E-state index contributed by atoms with van der Waals surface area (Å²) in [4.78, 5) is 29.2. The van der Waals surface area contributed by atoms with Gasteiger partial charge in [0.2, 0.25) is 5.91 Å². The van der Waals surface area contributed by atoms with Crippen molar-refractivity contribution in [3.05, 3.63) is 22.4 Å². The molecule has 1 saturated carbocycles. The van der Waals surface area contributed by atoms with Gasteiger partial charge in [-0.15, -0.1) is 11.3 Å². The van der Waals surface area contributed by atoms with Crippen molar-refractivity contribution in [3.63, 3.8) is 0 Å². The maximum absolute atomic E-state index is 12.3. The minimum absolute atomic E-state index is 0.0727. The molecule has 2 heterocycles. The lowest BCUT2D eigenvalue weighted by molar-refractivity contribution is -0.123. The number of carbonyl (C=O) groups is 2. The molecule has 24 heavy (non-hydrogen) atoms. The molecule has 6 nitrogen and oxygen atoms in total. The smallest absolute Gasteiger partial charge is 0.264 e. The highest BCUT2D eigenvalue weighted by molar-refractivity contribution is 7.12. The zero-order valence-electron chi connectivity index (χ0n) is 13.7. The van der Waals surface area contributed by atoms with E-state index in [9.17, 15) is 14.9 Å². The topological polar surface area (TPSA) is 76.4 Å². The van der Waals surface area contributed by atoms with Crippen molar-refractivity contribution in [3.8, 4) is 6.07 Å². The van der Waals surface area contributed by atoms with Crippen molar-refractivity contribution in [2.45, 2.75) is 31.2 Å². The van der Waals surface area contributed by atoms with Gasteiger partial charge in [0.05, 0.1) is 17.5 Å². The van der Waals surface area contributed by atoms with Crippen LogP contribution >= 0.6 is 11.3 Å². The molecule has 0 aromatic carbocycles. The van der Waals surface area contributed by atoms with E-state index < -0.39 is 5.54 Å². The number of thiophene rings is 1. The van der Waals surface area contributed by atoms with Gasteiger partial charge < -0.3 is 10.2 Å². The standard InChI is InChI=1S/C17H22N4O2S/c18-13-17(5-1-2-6-17)19-15(22)12-20-7-9-21(10-8-20)16(23)14-4-3-11-24-14/h3-4,11H,1-2,5-10,12H2,(H,19,22). The highest BCUT2D eigenvalue weighted by atomic mass is 32.1. The molecule has 2 fully saturated rings. The number of nitrogens with zero attached hydrogens (tertiary/aromatic N) is 3. The number of carbonyl (C=O) groups excluding carboxylic acids is 2. The molecule has 3 rings (SSSR count). The van der Waals surface area contributed by atoms with Gasteiger partial charge in [0.1, 0.15) is 5.54 Å². The summed E-state index contributed by atoms with van der Waals surface area (Å²) in [6.07, 6.45) is 3.49. The average Bonchev–Trinajstić information content (AvgIpc) is 3.27. The lowest BCUT2D eigenvalue weighted by Gasteiger charge is -2.34. The van der Waals surface area contributed by atoms with Crippen molar-refractivity contribution in [1.82, 2.24) is 15.1 Å². The number of hydrogen-bond acceptors (Lipinski definition) is 5. The molecule has 1 saturated heterocycles. The molecule has 0 unspecified atom stereocenters. The molecule has 1 N–H and O–H groups in total. The third kappa shape index (κ3) is 3.77. The Labute approximate surface area is 146 Å². The van der Waals surface area contributed by atoms with Gasteiger partial charge in [-0.2, -0.15) is 5.26 Å². The average molecular weight is 346 g/mol. The van der Waals surface area contributed by atoms with Crippen LogP contribution in [0.15, 0.2) is 17.5 Å². The first-order valence-electron chi connectivity index (χ1n) is 8.39. The Kier molecular flexibility index (Phi) is 5.17. The molecule has 0 bridgehead atoms. The highest BCUT2D eigenvalue weighted by Crippen LogP contribution is 2.28. The third-order valence-corrected chi connectivity index (χ3v) is 5.67. The Morgan fingerprint density at radius 2 is 1.96 bits per heavy atom. The Hall–Kier alpha value is -1.91. The van der Waals surface area contributed by atoms with Crippen LogP contribution in [0.2, 0.25) is 0 Å². The van der Waals surface area contributed by atoms with Gasteiger partial charge in [-0.25, -0.2) is 0 Å². The minimum atomic E-state index is -0.659. The number of nitrogens with one attached hydrogen (secondary N) is 1. The summed E-state index contributed by atoms with van der Waals surface area (Å²) in [7, 11) is 0. The molecule has 128 valence electrons. The monoisotopic (exact) mass is 346 g/mol. The predicted octanol–water partition coefficient (Wildman–Crippen LogP) is 1.46. The molecule has 1 aliphatic carbocycles. The first kappa shape index (κ1) is 16.9. The number of hydrogen-bond donors (Lipinski definition) is 1. The van der Waals surface area contributed by atoms with E-state index in [2.05, 4.69) is 11.4 Å². The molecule has 2 amide bonds. The van der Waals surface area contributed by atoms with Gasteiger partial charge in [-0.3, -0.25) is 14.5 Å². The Balaban J connectivity index is 1.46. The lowest BCUT2D eigenvalue weighted by atomic mass is 10.00. The lowest BCUT2D eigenvalue weighted by Crippen LogP contribution is -2.53. The minimum Gasteiger partial charge on any atom is -0.337 e. The molecule has 1 aromatic heterocycles. The Bertz CT molecular complexity index is 624. The van der Waals surface area contributed by atoms with E-state index in [-0.39, 0.29) is 11.8 Å². The summed E-state index contributed by atoms with van der Waals surface area (Å²) in [5, 5.41) is 14.2. The van der Waals surface area contributed by atoms with E-state index in [4.69, 9.17) is 0 Å². The van der Waals surface area contributed by atoms with Crippen LogP contribution < -0.4 is 5.32 Å². The zero-order chi connectivity index (χ0) is 17.0. The Morgan fingerprint density at radius 1 is 1.25 bits per heavy atom. The fourth-order valence-corrected chi connectivity index (χ4v) is 4.11. The molecule has 0 spiro atoms. The van der Waals surface area contributed by atoms with Crippen LogP contribution in [0, 0.1) is 11.3 Å². The summed E-state index contributed by atoms with van der Waals surface area (Å²) in [5.41, 5.74) is -0.659. The van der Waals surface area contributed by atoms with Crippen molar-refractivity contribution in [1.29, 1.82) is 5.26 Å². The normalized spacial score (nSPS) is 20.5. The molecule has 2 aliphatic rings. The molecular formula is C17H22N4O2S. The summed E-state index contributed by atoms with van der Waals surface area (Å²) >= 11 is 1.46. The summed E-state index contributed by atoms with van der Waals surface area (Å²) in [5.74, 6) is -0.0139. The number of piperazine rings is 1. The summed E-state index contributed by atoms with van der Waals surface area (Å²) in [6, 6.07) is 6.01. The quantitative estimate of drug-likeness (QED) is 0.895. The van der Waals surface area contributed by atoms with Gasteiger partial charge in [-0.1, -0.05) is 6.07 Å². The van der Waals surface area contributed by atoms with Crippen LogP contribution in [-0.2, 0) is 4.79 Å². The van der Waals surface area contributed by atoms with Crippen molar-refractivity contribution >= 4 is 23.2 Å². The highest BCUT2D eigenvalue weighted by Gasteiger charge is 2.35. The Morgan fingerprint density at radius 3 is 2.54 bits per heavy atom. The molecular weight excluding hydrogens is 324 g/mol. The van der Waals surface area contributed by atoms with Gasteiger partial charge in [0, 0.05) is 26.2 Å². The second kappa shape index (κ2) is 7.32. The maximum Gasteiger partial charge on any atom is 0.264 e. The fraction of sp³-hybridized carbons (Fsp3) is 0.588. The van der Waals surface area contributed by atoms with Gasteiger partial charge in [0.15, 0.2) is 0 Å². The van der Waals surface area contributed by atoms with Crippen molar-refractivity contribution < 1.29 is 9.59 Å². The molecule has 1 aromatic rings. The van der Waals surface area contributed by atoms with E-state index in [1.807, 2.05) is 27.3 Å². The molecule has 1 aliphatic heterocycles. The maximum atomic E-state index is 12.3. The summed E-state index contributed by atoms with van der Waals surface area (Å²) in [6.45, 7) is 2.93. The van der Waals surface area contributed by atoms with E-state index >= 15 is 0 Å². The number of amides is 2. The second-order valence-electron chi connectivity index (χ2n) is 6.49. The molecule has 0 atom stereocenters. The SMILES string of the molecule is N#CC1(NC(=O)CN2CCN(C(=O)c3cccs3)CC2)CCCC1. The predicted molar refractivity (Wildman–Crippen MR) is 91.6 cm³/mol. The van der Waals surface area contributed by atoms with E-state index in [1.165, 1.54) is 11.3 Å². The molecule has 7 heteroatoms. The van der Waals surface area contributed by atoms with Crippen LogP contribution in [0.1, 0.15) is 35.4 Å². The third-order valence-electron chi connectivity index (χ3n) is 4.81. The van der Waals surface area contributed by atoms with Crippen LogP contribution in [0.25, 0.3) is 0 Å². The first-order chi connectivity index (χ1) is 11.6.